The maximum atomic E-state index is 5.46. The van der Waals surface area contributed by atoms with Gasteiger partial charge in [-0.05, 0) is 44.9 Å². The summed E-state index contributed by atoms with van der Waals surface area (Å²) in [5.74, 6) is 2.23. The number of nitrogens with one attached hydrogen (secondary N) is 1. The molecule has 1 aromatic heterocycles. The van der Waals surface area contributed by atoms with Gasteiger partial charge in [0.2, 0.25) is 5.89 Å². The standard InChI is InChI=1S/C15H19N3OS/c1-15(9-5-6-10-16-15)14-17-13(18-19-14)11-20-12-7-3-2-4-8-12/h2-4,7-8,16H,5-6,9-11H2,1H3. The van der Waals surface area contributed by atoms with E-state index in [1.54, 1.807) is 11.8 Å². The van der Waals surface area contributed by atoms with Gasteiger partial charge in [-0.2, -0.15) is 4.98 Å². The van der Waals surface area contributed by atoms with Gasteiger partial charge >= 0.3 is 0 Å². The fraction of sp³-hybridized carbons (Fsp3) is 0.467. The van der Waals surface area contributed by atoms with Crippen LogP contribution in [-0.2, 0) is 11.3 Å². The van der Waals surface area contributed by atoms with Gasteiger partial charge in [0, 0.05) is 4.90 Å². The van der Waals surface area contributed by atoms with Crippen molar-refractivity contribution in [2.75, 3.05) is 6.54 Å². The van der Waals surface area contributed by atoms with E-state index in [1.807, 2.05) is 18.2 Å². The lowest BCUT2D eigenvalue weighted by Gasteiger charge is -2.31. The fourth-order valence-electron chi connectivity index (χ4n) is 2.44. The molecule has 5 heteroatoms. The Morgan fingerprint density at radius 3 is 2.90 bits per heavy atom. The number of hydrogen-bond donors (Lipinski definition) is 1. The average molecular weight is 289 g/mol. The third-order valence-electron chi connectivity index (χ3n) is 3.67. The monoisotopic (exact) mass is 289 g/mol. The zero-order valence-electron chi connectivity index (χ0n) is 11.6. The molecule has 3 rings (SSSR count). The molecule has 20 heavy (non-hydrogen) atoms. The van der Waals surface area contributed by atoms with Crippen LogP contribution in [0.4, 0.5) is 0 Å². The summed E-state index contributed by atoms with van der Waals surface area (Å²) in [6.07, 6.45) is 3.49. The molecular weight excluding hydrogens is 270 g/mol. The van der Waals surface area contributed by atoms with E-state index in [0.717, 1.165) is 30.4 Å². The summed E-state index contributed by atoms with van der Waals surface area (Å²) in [6, 6.07) is 10.3. The molecule has 106 valence electrons. The van der Waals surface area contributed by atoms with Crippen LogP contribution in [0.3, 0.4) is 0 Å². The lowest BCUT2D eigenvalue weighted by Crippen LogP contribution is -2.43. The van der Waals surface area contributed by atoms with Gasteiger partial charge in [-0.25, -0.2) is 0 Å². The topological polar surface area (TPSA) is 51.0 Å². The lowest BCUT2D eigenvalue weighted by atomic mass is 9.91. The summed E-state index contributed by atoms with van der Waals surface area (Å²) in [5.41, 5.74) is -0.152. The van der Waals surface area contributed by atoms with Crippen LogP contribution in [0.2, 0.25) is 0 Å². The minimum absolute atomic E-state index is 0.152. The van der Waals surface area contributed by atoms with E-state index < -0.39 is 0 Å². The van der Waals surface area contributed by atoms with Crippen molar-refractivity contribution >= 4 is 11.8 Å². The fourth-order valence-corrected chi connectivity index (χ4v) is 3.20. The Hall–Kier alpha value is -1.33. The summed E-state index contributed by atoms with van der Waals surface area (Å²) < 4.78 is 5.46. The van der Waals surface area contributed by atoms with Gasteiger partial charge in [-0.15, -0.1) is 11.8 Å². The van der Waals surface area contributed by atoms with Crippen molar-refractivity contribution in [2.45, 2.75) is 42.4 Å². The number of piperidine rings is 1. The highest BCUT2D eigenvalue weighted by Crippen LogP contribution is 2.29. The van der Waals surface area contributed by atoms with E-state index >= 15 is 0 Å². The van der Waals surface area contributed by atoms with Crippen molar-refractivity contribution in [1.82, 2.24) is 15.5 Å². The molecule has 0 amide bonds. The summed E-state index contributed by atoms with van der Waals surface area (Å²) in [5, 5.41) is 7.60. The Kier molecular flexibility index (Phi) is 4.08. The molecule has 1 saturated heterocycles. The van der Waals surface area contributed by atoms with E-state index in [1.165, 1.54) is 17.7 Å². The maximum Gasteiger partial charge on any atom is 0.246 e. The Labute approximate surface area is 123 Å². The number of nitrogens with zero attached hydrogens (tertiary/aromatic N) is 2. The SMILES string of the molecule is CC1(c2nc(CSc3ccccc3)no2)CCCCN1. The zero-order chi connectivity index (χ0) is 13.8. The summed E-state index contributed by atoms with van der Waals surface area (Å²) in [6.45, 7) is 3.17. The Morgan fingerprint density at radius 2 is 2.15 bits per heavy atom. The van der Waals surface area contributed by atoms with E-state index in [2.05, 4.69) is 34.5 Å². The summed E-state index contributed by atoms with van der Waals surface area (Å²) >= 11 is 1.73. The van der Waals surface area contributed by atoms with Crippen LogP contribution in [0.1, 0.15) is 37.9 Å². The van der Waals surface area contributed by atoms with Crippen molar-refractivity contribution in [2.24, 2.45) is 0 Å². The summed E-state index contributed by atoms with van der Waals surface area (Å²) in [4.78, 5) is 5.78. The molecule has 0 spiro atoms. The number of rotatable bonds is 4. The molecule has 0 bridgehead atoms. The second-order valence-corrected chi connectivity index (χ2v) is 6.38. The Bertz CT molecular complexity index is 549. The average Bonchev–Trinajstić information content (AvgIpc) is 2.97. The smallest absolute Gasteiger partial charge is 0.246 e. The second kappa shape index (κ2) is 5.97. The maximum absolute atomic E-state index is 5.46. The van der Waals surface area contributed by atoms with Gasteiger partial charge < -0.3 is 9.84 Å². The molecule has 1 aliphatic heterocycles. The molecule has 1 aromatic carbocycles. The molecule has 1 N–H and O–H groups in total. The van der Waals surface area contributed by atoms with Gasteiger partial charge in [-0.3, -0.25) is 0 Å². The molecular formula is C15H19N3OS. The third kappa shape index (κ3) is 3.04. The van der Waals surface area contributed by atoms with Crippen molar-refractivity contribution in [1.29, 1.82) is 0 Å². The first-order chi connectivity index (χ1) is 9.76. The molecule has 1 fully saturated rings. The van der Waals surface area contributed by atoms with Crippen molar-refractivity contribution in [3.8, 4) is 0 Å². The second-order valence-electron chi connectivity index (χ2n) is 5.33. The van der Waals surface area contributed by atoms with E-state index in [9.17, 15) is 0 Å². The van der Waals surface area contributed by atoms with Gasteiger partial charge in [-0.1, -0.05) is 23.4 Å². The largest absolute Gasteiger partial charge is 0.337 e. The molecule has 0 saturated carbocycles. The first kappa shape index (κ1) is 13.6. The highest BCUT2D eigenvalue weighted by molar-refractivity contribution is 7.98. The van der Waals surface area contributed by atoms with Crippen molar-refractivity contribution < 1.29 is 4.52 Å². The highest BCUT2D eigenvalue weighted by atomic mass is 32.2. The molecule has 0 aliphatic carbocycles. The molecule has 0 radical (unpaired) electrons. The van der Waals surface area contributed by atoms with Gasteiger partial charge in [0.15, 0.2) is 5.82 Å². The van der Waals surface area contributed by atoms with Gasteiger partial charge in [0.1, 0.15) is 0 Å². The van der Waals surface area contributed by atoms with Crippen molar-refractivity contribution in [3.63, 3.8) is 0 Å². The summed E-state index contributed by atoms with van der Waals surface area (Å²) in [7, 11) is 0. The number of benzene rings is 1. The lowest BCUT2D eigenvalue weighted by molar-refractivity contribution is 0.206. The van der Waals surface area contributed by atoms with Crippen LogP contribution in [0.5, 0.6) is 0 Å². The quantitative estimate of drug-likeness (QED) is 0.875. The van der Waals surface area contributed by atoms with E-state index in [4.69, 9.17) is 4.52 Å². The van der Waals surface area contributed by atoms with Crippen LogP contribution >= 0.6 is 11.8 Å². The number of hydrogen-bond acceptors (Lipinski definition) is 5. The molecule has 1 unspecified atom stereocenters. The molecule has 2 heterocycles. The Morgan fingerprint density at radius 1 is 1.30 bits per heavy atom. The first-order valence-electron chi connectivity index (χ1n) is 7.02. The third-order valence-corrected chi connectivity index (χ3v) is 4.68. The first-order valence-corrected chi connectivity index (χ1v) is 8.01. The van der Waals surface area contributed by atoms with E-state index in [-0.39, 0.29) is 5.54 Å². The van der Waals surface area contributed by atoms with Crippen LogP contribution in [-0.4, -0.2) is 16.7 Å². The Balaban J connectivity index is 1.65. The normalized spacial score (nSPS) is 22.9. The molecule has 1 aliphatic rings. The van der Waals surface area contributed by atoms with Crippen LogP contribution in [0, 0.1) is 0 Å². The van der Waals surface area contributed by atoms with Gasteiger partial charge in [0.05, 0.1) is 11.3 Å². The minimum Gasteiger partial charge on any atom is -0.337 e. The molecule has 2 aromatic rings. The molecule has 1 atom stereocenters. The molecule has 4 nitrogen and oxygen atoms in total. The minimum atomic E-state index is -0.152. The van der Waals surface area contributed by atoms with Crippen LogP contribution in [0.25, 0.3) is 0 Å². The zero-order valence-corrected chi connectivity index (χ0v) is 12.4. The van der Waals surface area contributed by atoms with E-state index in [0.29, 0.717) is 0 Å². The number of thioether (sulfide) groups is 1. The van der Waals surface area contributed by atoms with Crippen molar-refractivity contribution in [3.05, 3.63) is 42.0 Å². The van der Waals surface area contributed by atoms with Gasteiger partial charge in [0.25, 0.3) is 0 Å². The predicted molar refractivity (Wildman–Crippen MR) is 79.5 cm³/mol. The predicted octanol–water partition coefficient (Wildman–Crippen LogP) is 3.35. The van der Waals surface area contributed by atoms with Crippen LogP contribution in [0.15, 0.2) is 39.8 Å². The van der Waals surface area contributed by atoms with Crippen LogP contribution < -0.4 is 5.32 Å². The number of aromatic nitrogens is 2. The highest BCUT2D eigenvalue weighted by Gasteiger charge is 2.34.